The van der Waals surface area contributed by atoms with Crippen LogP contribution in [0.3, 0.4) is 0 Å². The predicted molar refractivity (Wildman–Crippen MR) is 121 cm³/mol. The van der Waals surface area contributed by atoms with Gasteiger partial charge in [0.05, 0.1) is 23.9 Å². The minimum Gasteiger partial charge on any atom is -0.491 e. The Labute approximate surface area is 200 Å². The molecular weight excluding hydrogens is 465 g/mol. The Hall–Kier alpha value is -3.70. The highest BCUT2D eigenvalue weighted by atomic mass is 19.4. The van der Waals surface area contributed by atoms with Crippen molar-refractivity contribution in [2.45, 2.75) is 33.0 Å². The molecule has 186 valence electrons. The van der Waals surface area contributed by atoms with Crippen molar-refractivity contribution in [3.63, 3.8) is 0 Å². The average Bonchev–Trinajstić information content (AvgIpc) is 2.79. The molecule has 8 nitrogen and oxygen atoms in total. The number of hydrogen-bond acceptors (Lipinski definition) is 7. The van der Waals surface area contributed by atoms with E-state index in [1.54, 1.807) is 6.92 Å². The molecule has 0 aliphatic heterocycles. The molecule has 0 bridgehead atoms. The van der Waals surface area contributed by atoms with E-state index in [4.69, 9.17) is 20.2 Å². The van der Waals surface area contributed by atoms with Crippen molar-refractivity contribution in [2.75, 3.05) is 13.2 Å². The van der Waals surface area contributed by atoms with Gasteiger partial charge in [-0.1, -0.05) is 23.8 Å². The zero-order chi connectivity index (χ0) is 25.6. The Bertz CT molecular complexity index is 1190. The standard InChI is InChI=1S/C24H25F3N4O4/c1-14-7-8-21(15(2)9-14)33-12-18(13-34-28)29-22(32)20-10-16(3)30-31-23(20)35-19-6-4-5-17(11-19)24(25,26)27/h4-11,18H,12-13,28H2,1-3H3,(H,29,32). The third-order valence-electron chi connectivity index (χ3n) is 4.91. The Kier molecular flexibility index (Phi) is 8.26. The molecule has 3 N–H and O–H groups in total. The summed E-state index contributed by atoms with van der Waals surface area (Å²) in [5.41, 5.74) is 1.49. The molecule has 1 heterocycles. The third kappa shape index (κ3) is 7.14. The number of carbonyl (C=O) groups is 1. The maximum Gasteiger partial charge on any atom is 0.416 e. The van der Waals surface area contributed by atoms with Crippen LogP contribution < -0.4 is 20.7 Å². The minimum absolute atomic E-state index is 0.0246. The van der Waals surface area contributed by atoms with Gasteiger partial charge in [0.2, 0.25) is 0 Å². The number of amides is 1. The van der Waals surface area contributed by atoms with Crippen LogP contribution in [-0.2, 0) is 11.0 Å². The third-order valence-corrected chi connectivity index (χ3v) is 4.91. The number of aryl methyl sites for hydroxylation is 3. The first-order chi connectivity index (χ1) is 16.6. The molecule has 1 aromatic heterocycles. The van der Waals surface area contributed by atoms with Gasteiger partial charge >= 0.3 is 6.18 Å². The van der Waals surface area contributed by atoms with E-state index in [1.165, 1.54) is 18.2 Å². The summed E-state index contributed by atoms with van der Waals surface area (Å²) in [6.45, 7) is 5.47. The van der Waals surface area contributed by atoms with Crippen LogP contribution in [0.4, 0.5) is 13.2 Å². The Balaban J connectivity index is 1.77. The molecule has 0 saturated heterocycles. The summed E-state index contributed by atoms with van der Waals surface area (Å²) >= 11 is 0. The Morgan fingerprint density at radius 2 is 1.83 bits per heavy atom. The fraction of sp³-hybridized carbons (Fsp3) is 0.292. The summed E-state index contributed by atoms with van der Waals surface area (Å²) in [7, 11) is 0. The molecule has 1 atom stereocenters. The summed E-state index contributed by atoms with van der Waals surface area (Å²) < 4.78 is 50.4. The lowest BCUT2D eigenvalue weighted by molar-refractivity contribution is -0.137. The van der Waals surface area contributed by atoms with Crippen molar-refractivity contribution in [2.24, 2.45) is 5.90 Å². The van der Waals surface area contributed by atoms with E-state index in [9.17, 15) is 18.0 Å². The van der Waals surface area contributed by atoms with Crippen LogP contribution >= 0.6 is 0 Å². The first kappa shape index (κ1) is 25.9. The number of alkyl halides is 3. The number of rotatable bonds is 9. The first-order valence-electron chi connectivity index (χ1n) is 10.6. The second-order valence-electron chi connectivity index (χ2n) is 7.92. The van der Waals surface area contributed by atoms with Gasteiger partial charge in [-0.15, -0.1) is 5.10 Å². The van der Waals surface area contributed by atoms with Crippen molar-refractivity contribution in [3.05, 3.63) is 76.5 Å². The number of nitrogens with two attached hydrogens (primary N) is 1. The predicted octanol–water partition coefficient (Wildman–Crippen LogP) is 4.28. The van der Waals surface area contributed by atoms with Crippen molar-refractivity contribution >= 4 is 5.91 Å². The number of halogens is 3. The molecule has 3 rings (SSSR count). The van der Waals surface area contributed by atoms with Crippen LogP contribution in [0.1, 0.15) is 32.7 Å². The lowest BCUT2D eigenvalue weighted by atomic mass is 10.1. The minimum atomic E-state index is -4.55. The van der Waals surface area contributed by atoms with Gasteiger partial charge < -0.3 is 19.6 Å². The van der Waals surface area contributed by atoms with E-state index in [-0.39, 0.29) is 30.4 Å². The van der Waals surface area contributed by atoms with Gasteiger partial charge in [-0.3, -0.25) is 4.79 Å². The average molecular weight is 490 g/mol. The van der Waals surface area contributed by atoms with E-state index in [1.807, 2.05) is 32.0 Å². The topological polar surface area (TPSA) is 109 Å². The summed E-state index contributed by atoms with van der Waals surface area (Å²) in [6, 6.07) is 10.7. The zero-order valence-electron chi connectivity index (χ0n) is 19.3. The fourth-order valence-electron chi connectivity index (χ4n) is 3.23. The molecule has 1 unspecified atom stereocenters. The summed E-state index contributed by atoms with van der Waals surface area (Å²) in [4.78, 5) is 17.8. The maximum atomic E-state index is 13.1. The summed E-state index contributed by atoms with van der Waals surface area (Å²) in [6.07, 6.45) is -4.55. The molecule has 11 heteroatoms. The monoisotopic (exact) mass is 490 g/mol. The zero-order valence-corrected chi connectivity index (χ0v) is 19.3. The smallest absolute Gasteiger partial charge is 0.416 e. The molecule has 0 radical (unpaired) electrons. The molecule has 2 aromatic carbocycles. The molecule has 35 heavy (non-hydrogen) atoms. The number of nitrogens with zero attached hydrogens (tertiary/aromatic N) is 2. The Morgan fingerprint density at radius 1 is 1.06 bits per heavy atom. The lowest BCUT2D eigenvalue weighted by Gasteiger charge is -2.20. The van der Waals surface area contributed by atoms with Crippen LogP contribution in [0.25, 0.3) is 0 Å². The second-order valence-corrected chi connectivity index (χ2v) is 7.92. The largest absolute Gasteiger partial charge is 0.491 e. The van der Waals surface area contributed by atoms with Crippen LogP contribution in [0, 0.1) is 20.8 Å². The van der Waals surface area contributed by atoms with Gasteiger partial charge in [-0.05, 0) is 56.7 Å². The second kappa shape index (κ2) is 11.2. The fourth-order valence-corrected chi connectivity index (χ4v) is 3.23. The first-order valence-corrected chi connectivity index (χ1v) is 10.6. The lowest BCUT2D eigenvalue weighted by Crippen LogP contribution is -2.43. The maximum absolute atomic E-state index is 13.1. The van der Waals surface area contributed by atoms with Gasteiger partial charge in [0.15, 0.2) is 0 Å². The molecule has 1 amide bonds. The Morgan fingerprint density at radius 3 is 2.51 bits per heavy atom. The number of carbonyl (C=O) groups excluding carboxylic acids is 1. The summed E-state index contributed by atoms with van der Waals surface area (Å²) in [5, 5.41) is 10.4. The number of benzene rings is 2. The molecule has 0 fully saturated rings. The summed E-state index contributed by atoms with van der Waals surface area (Å²) in [5.74, 6) is 4.85. The van der Waals surface area contributed by atoms with Crippen molar-refractivity contribution < 1.29 is 32.3 Å². The van der Waals surface area contributed by atoms with Crippen molar-refractivity contribution in [3.8, 4) is 17.4 Å². The van der Waals surface area contributed by atoms with E-state index in [0.717, 1.165) is 23.3 Å². The number of aromatic nitrogens is 2. The highest BCUT2D eigenvalue weighted by Gasteiger charge is 2.31. The van der Waals surface area contributed by atoms with Crippen LogP contribution in [0.5, 0.6) is 17.4 Å². The molecule has 0 aliphatic carbocycles. The number of nitrogens with one attached hydrogen (secondary N) is 1. The SMILES string of the molecule is Cc1ccc(OCC(CON)NC(=O)c2cc(C)nnc2Oc2cccc(C(F)(F)F)c2)c(C)c1. The van der Waals surface area contributed by atoms with E-state index < -0.39 is 23.7 Å². The van der Waals surface area contributed by atoms with Gasteiger partial charge in [-0.25, -0.2) is 5.90 Å². The molecule has 0 aliphatic rings. The molecule has 3 aromatic rings. The highest BCUT2D eigenvalue weighted by molar-refractivity contribution is 5.96. The van der Waals surface area contributed by atoms with Crippen LogP contribution in [0.15, 0.2) is 48.5 Å². The normalized spacial score (nSPS) is 12.2. The van der Waals surface area contributed by atoms with Gasteiger partial charge in [0.1, 0.15) is 23.7 Å². The molecule has 0 saturated carbocycles. The van der Waals surface area contributed by atoms with Gasteiger partial charge in [0.25, 0.3) is 11.8 Å². The quantitative estimate of drug-likeness (QED) is 0.431. The van der Waals surface area contributed by atoms with Gasteiger partial charge in [-0.2, -0.15) is 18.3 Å². The van der Waals surface area contributed by atoms with E-state index in [2.05, 4.69) is 15.5 Å². The van der Waals surface area contributed by atoms with E-state index >= 15 is 0 Å². The highest BCUT2D eigenvalue weighted by Crippen LogP contribution is 2.33. The van der Waals surface area contributed by atoms with Crippen molar-refractivity contribution in [1.82, 2.24) is 15.5 Å². The number of ether oxygens (including phenoxy) is 2. The number of hydrogen-bond donors (Lipinski definition) is 2. The molecule has 0 spiro atoms. The van der Waals surface area contributed by atoms with Crippen molar-refractivity contribution in [1.29, 1.82) is 0 Å². The van der Waals surface area contributed by atoms with Gasteiger partial charge in [0, 0.05) is 0 Å². The van der Waals surface area contributed by atoms with Crippen LogP contribution in [-0.4, -0.2) is 35.4 Å². The molecular formula is C24H25F3N4O4. The van der Waals surface area contributed by atoms with E-state index in [0.29, 0.717) is 11.4 Å². The van der Waals surface area contributed by atoms with Crippen LogP contribution in [0.2, 0.25) is 0 Å².